The molecule has 0 aromatic heterocycles. The molecule has 0 saturated heterocycles. The summed E-state index contributed by atoms with van der Waals surface area (Å²) >= 11 is 0. The van der Waals surface area contributed by atoms with Gasteiger partial charge in [-0.2, -0.15) is 0 Å². The van der Waals surface area contributed by atoms with Crippen LogP contribution in [-0.4, -0.2) is 11.9 Å². The van der Waals surface area contributed by atoms with E-state index in [1.165, 1.54) is 25.7 Å². The Kier molecular flexibility index (Phi) is 3.56. The third kappa shape index (κ3) is 2.58. The molecule has 0 heterocycles. The van der Waals surface area contributed by atoms with Gasteiger partial charge < -0.3 is 5.32 Å². The fourth-order valence-electron chi connectivity index (χ4n) is 3.70. The van der Waals surface area contributed by atoms with Crippen molar-refractivity contribution >= 4 is 5.91 Å². The van der Waals surface area contributed by atoms with Crippen molar-refractivity contribution in [2.75, 3.05) is 0 Å². The normalized spacial score (nSPS) is 34.4. The summed E-state index contributed by atoms with van der Waals surface area (Å²) in [6.07, 6.45) is 6.29. The van der Waals surface area contributed by atoms with Crippen LogP contribution in [0.25, 0.3) is 0 Å². The number of amides is 1. The molecule has 2 saturated carbocycles. The summed E-state index contributed by atoms with van der Waals surface area (Å²) < 4.78 is 0. The first-order chi connectivity index (χ1) is 7.56. The SMILES string of the molecule is CC(C)CC(=O)N[C@H](C)[C@@H]1C[C@H]2CC[C@H]1C2. The van der Waals surface area contributed by atoms with Crippen molar-refractivity contribution in [1.82, 2.24) is 5.32 Å². The van der Waals surface area contributed by atoms with E-state index in [0.29, 0.717) is 18.4 Å². The molecule has 0 spiro atoms. The van der Waals surface area contributed by atoms with Crippen LogP contribution in [0.5, 0.6) is 0 Å². The summed E-state index contributed by atoms with van der Waals surface area (Å²) in [6.45, 7) is 6.40. The highest BCUT2D eigenvalue weighted by atomic mass is 16.1. The summed E-state index contributed by atoms with van der Waals surface area (Å²) in [4.78, 5) is 11.7. The number of nitrogens with one attached hydrogen (secondary N) is 1. The minimum atomic E-state index is 0.241. The smallest absolute Gasteiger partial charge is 0.220 e. The Morgan fingerprint density at radius 3 is 2.50 bits per heavy atom. The van der Waals surface area contributed by atoms with Gasteiger partial charge in [-0.25, -0.2) is 0 Å². The largest absolute Gasteiger partial charge is 0.353 e. The molecule has 0 aromatic carbocycles. The molecule has 2 bridgehead atoms. The summed E-state index contributed by atoms with van der Waals surface area (Å²) in [5, 5.41) is 3.20. The first-order valence-electron chi connectivity index (χ1n) is 6.85. The number of fused-ring (bicyclic) bond motifs is 2. The van der Waals surface area contributed by atoms with Gasteiger partial charge in [0.2, 0.25) is 5.91 Å². The molecule has 0 unspecified atom stereocenters. The highest BCUT2D eigenvalue weighted by Gasteiger charge is 2.42. The van der Waals surface area contributed by atoms with E-state index in [0.717, 1.165) is 17.8 Å². The number of carbonyl (C=O) groups is 1. The Bertz CT molecular complexity index is 261. The van der Waals surface area contributed by atoms with Crippen LogP contribution in [0.3, 0.4) is 0 Å². The number of rotatable bonds is 4. The van der Waals surface area contributed by atoms with Crippen molar-refractivity contribution in [3.8, 4) is 0 Å². The van der Waals surface area contributed by atoms with Crippen molar-refractivity contribution in [3.05, 3.63) is 0 Å². The van der Waals surface area contributed by atoms with Crippen LogP contribution >= 0.6 is 0 Å². The van der Waals surface area contributed by atoms with Crippen molar-refractivity contribution < 1.29 is 4.79 Å². The number of carbonyl (C=O) groups excluding carboxylic acids is 1. The maximum absolute atomic E-state index is 11.7. The predicted octanol–water partition coefficient (Wildman–Crippen LogP) is 2.97. The molecular weight excluding hydrogens is 198 g/mol. The van der Waals surface area contributed by atoms with Crippen LogP contribution in [0.4, 0.5) is 0 Å². The van der Waals surface area contributed by atoms with E-state index in [1.54, 1.807) is 0 Å². The first-order valence-corrected chi connectivity index (χ1v) is 6.85. The van der Waals surface area contributed by atoms with Gasteiger partial charge >= 0.3 is 0 Å². The second kappa shape index (κ2) is 4.77. The minimum absolute atomic E-state index is 0.241. The maximum Gasteiger partial charge on any atom is 0.220 e. The maximum atomic E-state index is 11.7. The zero-order chi connectivity index (χ0) is 11.7. The van der Waals surface area contributed by atoms with Crippen LogP contribution in [0.1, 0.15) is 52.9 Å². The van der Waals surface area contributed by atoms with Crippen LogP contribution in [0, 0.1) is 23.7 Å². The lowest BCUT2D eigenvalue weighted by molar-refractivity contribution is -0.122. The van der Waals surface area contributed by atoms with Gasteiger partial charge in [0, 0.05) is 12.5 Å². The van der Waals surface area contributed by atoms with Crippen molar-refractivity contribution in [2.24, 2.45) is 23.7 Å². The summed E-state index contributed by atoms with van der Waals surface area (Å²) in [7, 11) is 0. The zero-order valence-electron chi connectivity index (χ0n) is 10.8. The lowest BCUT2D eigenvalue weighted by atomic mass is 9.84. The molecule has 2 fully saturated rings. The Morgan fingerprint density at radius 2 is 2.00 bits per heavy atom. The van der Waals surface area contributed by atoms with Gasteiger partial charge in [0.1, 0.15) is 0 Å². The van der Waals surface area contributed by atoms with E-state index in [9.17, 15) is 4.79 Å². The molecular formula is C14H25NO. The van der Waals surface area contributed by atoms with Gasteiger partial charge in [-0.15, -0.1) is 0 Å². The summed E-state index contributed by atoms with van der Waals surface area (Å²) in [5.74, 6) is 3.34. The molecule has 4 atom stereocenters. The molecule has 0 aromatic rings. The second-order valence-electron chi connectivity index (χ2n) is 6.29. The van der Waals surface area contributed by atoms with Crippen molar-refractivity contribution in [1.29, 1.82) is 0 Å². The average molecular weight is 223 g/mol. The Hall–Kier alpha value is -0.530. The average Bonchev–Trinajstić information content (AvgIpc) is 2.76. The van der Waals surface area contributed by atoms with E-state index in [1.807, 2.05) is 0 Å². The van der Waals surface area contributed by atoms with E-state index in [-0.39, 0.29) is 5.91 Å². The zero-order valence-corrected chi connectivity index (χ0v) is 10.8. The lowest BCUT2D eigenvalue weighted by Gasteiger charge is -2.28. The van der Waals surface area contributed by atoms with Crippen LogP contribution in [-0.2, 0) is 4.79 Å². The van der Waals surface area contributed by atoms with E-state index >= 15 is 0 Å². The van der Waals surface area contributed by atoms with Crippen molar-refractivity contribution in [3.63, 3.8) is 0 Å². The highest BCUT2D eigenvalue weighted by Crippen LogP contribution is 2.49. The van der Waals surface area contributed by atoms with Crippen LogP contribution < -0.4 is 5.32 Å². The molecule has 0 aliphatic heterocycles. The van der Waals surface area contributed by atoms with E-state index in [2.05, 4.69) is 26.1 Å². The Balaban J connectivity index is 1.80. The van der Waals surface area contributed by atoms with E-state index < -0.39 is 0 Å². The number of hydrogen-bond donors (Lipinski definition) is 1. The Labute approximate surface area is 99.2 Å². The number of hydrogen-bond acceptors (Lipinski definition) is 1. The van der Waals surface area contributed by atoms with E-state index in [4.69, 9.17) is 0 Å². The second-order valence-corrected chi connectivity index (χ2v) is 6.29. The molecule has 16 heavy (non-hydrogen) atoms. The molecule has 0 radical (unpaired) electrons. The molecule has 1 amide bonds. The standard InChI is InChI=1S/C14H25NO/c1-9(2)6-14(16)15-10(3)13-8-11-4-5-12(13)7-11/h9-13H,4-8H2,1-3H3,(H,15,16)/t10-,11+,12+,13+/m1/s1. The Morgan fingerprint density at radius 1 is 1.25 bits per heavy atom. The van der Waals surface area contributed by atoms with Gasteiger partial charge in [-0.1, -0.05) is 20.3 Å². The quantitative estimate of drug-likeness (QED) is 0.780. The molecule has 2 rings (SSSR count). The third-order valence-corrected chi connectivity index (χ3v) is 4.42. The lowest BCUT2D eigenvalue weighted by Crippen LogP contribution is -2.40. The van der Waals surface area contributed by atoms with Crippen LogP contribution in [0.2, 0.25) is 0 Å². The monoisotopic (exact) mass is 223 g/mol. The topological polar surface area (TPSA) is 29.1 Å². The molecule has 2 heteroatoms. The molecule has 92 valence electrons. The molecule has 1 N–H and O–H groups in total. The van der Waals surface area contributed by atoms with Crippen LogP contribution in [0.15, 0.2) is 0 Å². The summed E-state index contributed by atoms with van der Waals surface area (Å²) in [6, 6.07) is 0.390. The first kappa shape index (κ1) is 11.9. The van der Waals surface area contributed by atoms with Gasteiger partial charge in [0.05, 0.1) is 0 Å². The summed E-state index contributed by atoms with van der Waals surface area (Å²) in [5.41, 5.74) is 0. The third-order valence-electron chi connectivity index (χ3n) is 4.42. The molecule has 2 nitrogen and oxygen atoms in total. The van der Waals surface area contributed by atoms with Gasteiger partial charge in [0.25, 0.3) is 0 Å². The van der Waals surface area contributed by atoms with Gasteiger partial charge in [-0.05, 0) is 49.9 Å². The minimum Gasteiger partial charge on any atom is -0.353 e. The molecule has 2 aliphatic rings. The van der Waals surface area contributed by atoms with Gasteiger partial charge in [0.15, 0.2) is 0 Å². The fraction of sp³-hybridized carbons (Fsp3) is 0.929. The predicted molar refractivity (Wildman–Crippen MR) is 66.0 cm³/mol. The highest BCUT2D eigenvalue weighted by molar-refractivity contribution is 5.76. The molecule has 2 aliphatic carbocycles. The van der Waals surface area contributed by atoms with Crippen molar-refractivity contribution in [2.45, 2.75) is 58.9 Å². The fourth-order valence-corrected chi connectivity index (χ4v) is 3.70. The van der Waals surface area contributed by atoms with Gasteiger partial charge in [-0.3, -0.25) is 4.79 Å².